The van der Waals surface area contributed by atoms with Crippen molar-refractivity contribution in [1.29, 1.82) is 0 Å². The third-order valence-electron chi connectivity index (χ3n) is 5.49. The fraction of sp³-hybridized carbons (Fsp3) is 0.318. The van der Waals surface area contributed by atoms with E-state index in [1.165, 1.54) is 5.56 Å². The molecule has 0 spiro atoms. The molecule has 3 aromatic rings. The van der Waals surface area contributed by atoms with Crippen molar-refractivity contribution in [2.45, 2.75) is 32.4 Å². The summed E-state index contributed by atoms with van der Waals surface area (Å²) in [5.41, 5.74) is 4.36. The van der Waals surface area contributed by atoms with E-state index in [0.29, 0.717) is 31.1 Å². The zero-order chi connectivity index (χ0) is 20.5. The molecule has 1 aliphatic rings. The van der Waals surface area contributed by atoms with Crippen LogP contribution in [0.3, 0.4) is 0 Å². The van der Waals surface area contributed by atoms with Crippen LogP contribution in [0.15, 0.2) is 42.5 Å². The molecule has 0 saturated heterocycles. The lowest BCUT2D eigenvalue weighted by Gasteiger charge is -2.33. The average Bonchev–Trinajstić information content (AvgIpc) is 3.08. The van der Waals surface area contributed by atoms with Gasteiger partial charge in [0.15, 0.2) is 0 Å². The van der Waals surface area contributed by atoms with Crippen molar-refractivity contribution in [1.82, 2.24) is 14.3 Å². The number of carbonyl (C=O) groups excluding carboxylic acids is 1. The highest BCUT2D eigenvalue weighted by Gasteiger charge is 2.32. The third kappa shape index (κ3) is 4.26. The maximum Gasteiger partial charge on any atom is 0.241 e. The van der Waals surface area contributed by atoms with E-state index >= 15 is 0 Å². The number of nitrogens with zero attached hydrogens (tertiary/aromatic N) is 2. The highest BCUT2D eigenvalue weighted by Crippen LogP contribution is 2.30. The van der Waals surface area contributed by atoms with E-state index in [9.17, 15) is 4.79 Å². The van der Waals surface area contributed by atoms with Crippen molar-refractivity contribution in [3.8, 4) is 0 Å². The Hall–Kier alpha value is -1.72. The number of hydrogen-bond donors (Lipinski definition) is 1. The number of amides is 1. The van der Waals surface area contributed by atoms with E-state index in [2.05, 4.69) is 4.98 Å². The molecule has 1 atom stereocenters. The molecule has 4 rings (SSSR count). The number of aromatic amines is 1. The second-order valence-corrected chi connectivity index (χ2v) is 8.65. The minimum atomic E-state index is -0.444. The van der Waals surface area contributed by atoms with Gasteiger partial charge < -0.3 is 9.88 Å². The first kappa shape index (κ1) is 20.5. The summed E-state index contributed by atoms with van der Waals surface area (Å²) in [6, 6.07) is 13.0. The molecule has 1 aromatic heterocycles. The number of H-pyrrole nitrogens is 1. The number of likely N-dealkylation sites (N-methyl/N-ethyl adjacent to an activating group) is 1. The molecule has 0 bridgehead atoms. The summed E-state index contributed by atoms with van der Waals surface area (Å²) in [7, 11) is 0. The largest absolute Gasteiger partial charge is 0.357 e. The molecule has 0 unspecified atom stereocenters. The van der Waals surface area contributed by atoms with Gasteiger partial charge in [-0.1, -0.05) is 42.3 Å². The van der Waals surface area contributed by atoms with Gasteiger partial charge in [0.25, 0.3) is 0 Å². The van der Waals surface area contributed by atoms with Crippen molar-refractivity contribution in [3.05, 3.63) is 69.3 Å². The number of carbonyl (C=O) groups is 1. The maximum absolute atomic E-state index is 13.4. The summed E-state index contributed by atoms with van der Waals surface area (Å²) in [5.74, 6) is 0.0316. The van der Waals surface area contributed by atoms with Gasteiger partial charge >= 0.3 is 0 Å². The van der Waals surface area contributed by atoms with Gasteiger partial charge in [0.2, 0.25) is 5.91 Å². The van der Waals surface area contributed by atoms with E-state index in [4.69, 9.17) is 35.0 Å². The van der Waals surface area contributed by atoms with Crippen LogP contribution in [0.2, 0.25) is 10.0 Å². The van der Waals surface area contributed by atoms with Crippen LogP contribution in [0.4, 0.5) is 0 Å². The van der Waals surface area contributed by atoms with Gasteiger partial charge in [-0.2, -0.15) is 0 Å². The second-order valence-electron chi connectivity index (χ2n) is 7.35. The first-order valence-electron chi connectivity index (χ1n) is 9.71. The number of benzene rings is 2. The smallest absolute Gasteiger partial charge is 0.241 e. The normalized spacial score (nSPS) is 15.0. The maximum atomic E-state index is 13.4. The molecular weight excluding hydrogens is 429 g/mol. The van der Waals surface area contributed by atoms with Crippen LogP contribution in [0, 0.1) is 0 Å². The number of rotatable bonds is 5. The molecule has 7 heteroatoms. The molecule has 1 amide bonds. The Kier molecular flexibility index (Phi) is 6.07. The Morgan fingerprint density at radius 3 is 2.76 bits per heavy atom. The summed E-state index contributed by atoms with van der Waals surface area (Å²) in [4.78, 5) is 18.7. The molecule has 1 N–H and O–H groups in total. The second kappa shape index (κ2) is 8.57. The van der Waals surface area contributed by atoms with E-state index in [0.717, 1.165) is 33.6 Å². The van der Waals surface area contributed by atoms with Gasteiger partial charge in [-0.05, 0) is 66.1 Å². The average molecular weight is 451 g/mol. The van der Waals surface area contributed by atoms with Crippen LogP contribution in [0.25, 0.3) is 10.9 Å². The van der Waals surface area contributed by atoms with Gasteiger partial charge in [0, 0.05) is 39.7 Å². The lowest BCUT2D eigenvalue weighted by molar-refractivity contribution is -0.136. The van der Waals surface area contributed by atoms with E-state index in [1.54, 1.807) is 4.42 Å². The number of aromatic nitrogens is 1. The van der Waals surface area contributed by atoms with Crippen LogP contribution >= 0.6 is 35.0 Å². The first-order valence-corrected chi connectivity index (χ1v) is 10.8. The molecule has 152 valence electrons. The summed E-state index contributed by atoms with van der Waals surface area (Å²) in [6.45, 7) is 3.72. The SMILES string of the molecule is CCN(Cl)[C@H](Cc1cccc(Cl)c1)C(=O)N1CCc2c([nH]c3ccc(Cl)cc23)C1. The lowest BCUT2D eigenvalue weighted by atomic mass is 10.0. The minimum Gasteiger partial charge on any atom is -0.357 e. The molecule has 2 heterocycles. The summed E-state index contributed by atoms with van der Waals surface area (Å²) in [5, 5.41) is 2.52. The first-order chi connectivity index (χ1) is 14.0. The monoisotopic (exact) mass is 449 g/mol. The van der Waals surface area contributed by atoms with Gasteiger partial charge in [-0.15, -0.1) is 0 Å². The van der Waals surface area contributed by atoms with Crippen molar-refractivity contribution in [3.63, 3.8) is 0 Å². The highest BCUT2D eigenvalue weighted by atomic mass is 35.5. The molecule has 0 saturated carbocycles. The van der Waals surface area contributed by atoms with Gasteiger partial charge in [-0.3, -0.25) is 4.79 Å². The Morgan fingerprint density at radius 1 is 1.21 bits per heavy atom. The molecular formula is C22H22Cl3N3O. The van der Waals surface area contributed by atoms with Crippen LogP contribution in [0.1, 0.15) is 23.7 Å². The molecule has 0 radical (unpaired) electrons. The van der Waals surface area contributed by atoms with Crippen LogP contribution in [-0.2, 0) is 24.2 Å². The highest BCUT2D eigenvalue weighted by molar-refractivity contribution is 6.31. The van der Waals surface area contributed by atoms with Gasteiger partial charge in [-0.25, -0.2) is 4.42 Å². The van der Waals surface area contributed by atoms with Crippen LogP contribution < -0.4 is 0 Å². The fourth-order valence-electron chi connectivity index (χ4n) is 4.03. The molecule has 4 nitrogen and oxygen atoms in total. The van der Waals surface area contributed by atoms with Crippen molar-refractivity contribution in [2.75, 3.05) is 13.1 Å². The Labute approximate surface area is 185 Å². The van der Waals surface area contributed by atoms with Crippen molar-refractivity contribution >= 4 is 51.8 Å². The van der Waals surface area contributed by atoms with E-state index < -0.39 is 6.04 Å². The third-order valence-corrected chi connectivity index (χ3v) is 6.44. The molecule has 1 aliphatic heterocycles. The Bertz CT molecular complexity index is 1050. The van der Waals surface area contributed by atoms with Gasteiger partial charge in [0.1, 0.15) is 6.04 Å². The summed E-state index contributed by atoms with van der Waals surface area (Å²) < 4.78 is 1.59. The van der Waals surface area contributed by atoms with E-state index in [1.807, 2.05) is 54.3 Å². The predicted octanol–water partition coefficient (Wildman–Crippen LogP) is 5.45. The van der Waals surface area contributed by atoms with E-state index in [-0.39, 0.29) is 5.91 Å². The number of fused-ring (bicyclic) bond motifs is 3. The molecule has 0 aliphatic carbocycles. The summed E-state index contributed by atoms with van der Waals surface area (Å²) >= 11 is 18.7. The van der Waals surface area contributed by atoms with Crippen LogP contribution in [-0.4, -0.2) is 39.3 Å². The van der Waals surface area contributed by atoms with Crippen molar-refractivity contribution < 1.29 is 4.79 Å². The fourth-order valence-corrected chi connectivity index (χ4v) is 4.56. The predicted molar refractivity (Wildman–Crippen MR) is 120 cm³/mol. The summed E-state index contributed by atoms with van der Waals surface area (Å²) in [6.07, 6.45) is 1.31. The lowest BCUT2D eigenvalue weighted by Crippen LogP contribution is -2.48. The zero-order valence-electron chi connectivity index (χ0n) is 16.1. The Balaban J connectivity index is 1.57. The van der Waals surface area contributed by atoms with Gasteiger partial charge in [0.05, 0.1) is 6.54 Å². The standard InChI is InChI=1S/C22H22Cl3N3O/c1-2-28(25)21(11-14-4-3-5-15(23)10-14)22(29)27-9-8-17-18-12-16(24)6-7-19(18)26-20(17)13-27/h3-7,10,12,21,26H,2,8-9,11,13H2,1H3/t21-/m1/s1. The van der Waals surface area contributed by atoms with Crippen LogP contribution in [0.5, 0.6) is 0 Å². The molecule has 2 aromatic carbocycles. The quantitative estimate of drug-likeness (QED) is 0.525. The van der Waals surface area contributed by atoms with Crippen molar-refractivity contribution in [2.24, 2.45) is 0 Å². The number of halogens is 3. The minimum absolute atomic E-state index is 0.0316. The topological polar surface area (TPSA) is 39.3 Å². The zero-order valence-corrected chi connectivity index (χ0v) is 18.4. The number of nitrogens with one attached hydrogen (secondary N) is 1. The number of hydrogen-bond acceptors (Lipinski definition) is 2. The Morgan fingerprint density at radius 2 is 2.00 bits per heavy atom. The molecule has 29 heavy (non-hydrogen) atoms. The molecule has 0 fully saturated rings.